The first-order valence-corrected chi connectivity index (χ1v) is 21.9. The molecular formula is C44H68FN11O8. The van der Waals surface area contributed by atoms with Crippen LogP contribution in [0.4, 0.5) is 4.39 Å². The number of rotatable bonds is 16. The molecule has 6 amide bonds. The third-order valence-electron chi connectivity index (χ3n) is 10.8. The Labute approximate surface area is 374 Å². The Morgan fingerprint density at radius 3 is 2.02 bits per heavy atom. The Morgan fingerprint density at radius 2 is 1.39 bits per heavy atom. The van der Waals surface area contributed by atoms with Crippen molar-refractivity contribution < 1.29 is 43.1 Å². The fraction of sp³-hybridized carbons (Fsp3) is 0.568. The Kier molecular flexibility index (Phi) is 22.4. The van der Waals surface area contributed by atoms with Crippen LogP contribution in [0.5, 0.6) is 0 Å². The molecular weight excluding hydrogens is 830 g/mol. The van der Waals surface area contributed by atoms with Crippen molar-refractivity contribution in [2.45, 2.75) is 114 Å². The molecule has 2 aromatic carbocycles. The van der Waals surface area contributed by atoms with Gasteiger partial charge in [0.05, 0.1) is 18.2 Å². The van der Waals surface area contributed by atoms with E-state index in [4.69, 9.17) is 17.2 Å². The van der Waals surface area contributed by atoms with Gasteiger partial charge in [-0.25, -0.2) is 4.39 Å². The van der Waals surface area contributed by atoms with Crippen molar-refractivity contribution in [1.82, 2.24) is 42.5 Å². The van der Waals surface area contributed by atoms with Crippen LogP contribution in [0.3, 0.4) is 0 Å². The number of aliphatic hydroxyl groups excluding tert-OH is 1. The molecule has 0 radical (unpaired) electrons. The van der Waals surface area contributed by atoms with Crippen molar-refractivity contribution in [3.63, 3.8) is 0 Å². The van der Waals surface area contributed by atoms with E-state index in [1.807, 2.05) is 13.8 Å². The molecule has 354 valence electrons. The summed E-state index contributed by atoms with van der Waals surface area (Å²) in [5.74, 6) is -4.92. The number of benzene rings is 2. The molecule has 20 heteroatoms. The van der Waals surface area contributed by atoms with E-state index < -0.39 is 89.2 Å². The highest BCUT2D eigenvalue weighted by Gasteiger charge is 2.38. The molecule has 1 heterocycles. The molecule has 1 saturated heterocycles. The van der Waals surface area contributed by atoms with Gasteiger partial charge in [-0.1, -0.05) is 56.3 Å². The van der Waals surface area contributed by atoms with Crippen molar-refractivity contribution in [3.8, 4) is 0 Å². The highest BCUT2D eigenvalue weighted by atomic mass is 19.1. The van der Waals surface area contributed by atoms with Crippen LogP contribution in [-0.4, -0.2) is 134 Å². The molecule has 1 aliphatic rings. The maximum absolute atomic E-state index is 14.3. The molecule has 15 N–H and O–H groups in total. The summed E-state index contributed by atoms with van der Waals surface area (Å²) in [5, 5.41) is 32.9. The Bertz CT molecular complexity index is 1840. The van der Waals surface area contributed by atoms with Crippen LogP contribution >= 0.6 is 0 Å². The van der Waals surface area contributed by atoms with Gasteiger partial charge in [0.1, 0.15) is 41.8 Å². The lowest BCUT2D eigenvalue weighted by atomic mass is 9.94. The Balaban J connectivity index is 2.09. The molecule has 64 heavy (non-hydrogen) atoms. The van der Waals surface area contributed by atoms with E-state index in [-0.39, 0.29) is 83.7 Å². The average Bonchev–Trinajstić information content (AvgIpc) is 3.25. The van der Waals surface area contributed by atoms with Gasteiger partial charge in [-0.05, 0) is 101 Å². The number of halogens is 1. The fourth-order valence-electron chi connectivity index (χ4n) is 7.25. The smallest absolute Gasteiger partial charge is 0.245 e. The first-order chi connectivity index (χ1) is 30.5. The predicted octanol–water partition coefficient (Wildman–Crippen LogP) is -2.49. The molecule has 8 atom stereocenters. The summed E-state index contributed by atoms with van der Waals surface area (Å²) in [4.78, 5) is 96.6. The third-order valence-corrected chi connectivity index (χ3v) is 10.8. The lowest BCUT2D eigenvalue weighted by Gasteiger charge is -2.34. The Hall–Kier alpha value is -5.38. The van der Waals surface area contributed by atoms with Crippen LogP contribution in [0.1, 0.15) is 64.0 Å². The number of amides is 6. The van der Waals surface area contributed by atoms with Gasteiger partial charge in [-0.2, -0.15) is 0 Å². The first kappa shape index (κ1) is 53.0. The largest absolute Gasteiger partial charge is 0.391 e. The zero-order valence-electron chi connectivity index (χ0n) is 37.0. The molecule has 3 rings (SSSR count). The maximum atomic E-state index is 14.3. The van der Waals surface area contributed by atoms with Crippen molar-refractivity contribution in [2.24, 2.45) is 23.1 Å². The van der Waals surface area contributed by atoms with Crippen molar-refractivity contribution in [3.05, 3.63) is 71.5 Å². The Morgan fingerprint density at radius 1 is 0.766 bits per heavy atom. The fourth-order valence-corrected chi connectivity index (χ4v) is 7.25. The number of carbonyl (C=O) groups excluding carboxylic acids is 7. The third kappa shape index (κ3) is 17.3. The van der Waals surface area contributed by atoms with E-state index >= 15 is 0 Å². The number of hydrogen-bond donors (Lipinski definition) is 12. The second-order valence-corrected chi connectivity index (χ2v) is 16.6. The van der Waals surface area contributed by atoms with Gasteiger partial charge in [-0.15, -0.1) is 0 Å². The number of carbonyl (C=O) groups is 7. The van der Waals surface area contributed by atoms with E-state index in [0.717, 1.165) is 0 Å². The minimum absolute atomic E-state index is 0.00104. The number of nitrogens with two attached hydrogens (primary N) is 3. The van der Waals surface area contributed by atoms with E-state index in [1.54, 1.807) is 42.5 Å². The zero-order chi connectivity index (χ0) is 47.2. The molecule has 0 bridgehead atoms. The monoisotopic (exact) mass is 898 g/mol. The van der Waals surface area contributed by atoms with Crippen LogP contribution in [0.2, 0.25) is 0 Å². The van der Waals surface area contributed by atoms with Gasteiger partial charge < -0.3 is 69.6 Å². The highest BCUT2D eigenvalue weighted by molar-refractivity contribution is 5.96. The van der Waals surface area contributed by atoms with Crippen LogP contribution in [0.15, 0.2) is 54.6 Å². The molecule has 0 aromatic heterocycles. The minimum Gasteiger partial charge on any atom is -0.391 e. The molecule has 19 nitrogen and oxygen atoms in total. The second kappa shape index (κ2) is 27.1. The molecule has 0 unspecified atom stereocenters. The standard InChI is InChI=1S/C44H68FN11O8/c1-27(2)22-35-42(63)56-44(26-57,16-19-48)25-51-32(12-17-46)39(60)55-37(28(3)58)43(64)50-21-15-33(49-20-14-30-10-7-11-31(45)23-30)38(59)52-34(13-18-47)40(61)54-36(41(62)53-35)24-29-8-5-4-6-9-29/h4-11,23,26-28,32-37,49,51,58H,12-22,24-25,46-48H2,1-3H3,(H,50,64)(H,52,59)(H,53,62)(H,54,61)(H,55,60)(H,56,63)/t28-,32+,33+,34+,35+,36-,37+,44-/m1/s1. The van der Waals surface area contributed by atoms with Gasteiger partial charge in [0.25, 0.3) is 0 Å². The quantitative estimate of drug-likeness (QED) is 0.0778. The van der Waals surface area contributed by atoms with Gasteiger partial charge in [-0.3, -0.25) is 28.8 Å². The van der Waals surface area contributed by atoms with E-state index in [1.165, 1.54) is 19.1 Å². The highest BCUT2D eigenvalue weighted by Crippen LogP contribution is 2.13. The summed E-state index contributed by atoms with van der Waals surface area (Å²) in [6.07, 6.45) is -0.582. The molecule has 2 aromatic rings. The van der Waals surface area contributed by atoms with Crippen LogP contribution in [-0.2, 0) is 46.4 Å². The predicted molar refractivity (Wildman–Crippen MR) is 238 cm³/mol. The minimum atomic E-state index is -1.68. The lowest BCUT2D eigenvalue weighted by Crippen LogP contribution is -2.64. The molecule has 0 saturated carbocycles. The van der Waals surface area contributed by atoms with Gasteiger partial charge in [0.15, 0.2) is 0 Å². The van der Waals surface area contributed by atoms with E-state index in [0.29, 0.717) is 23.8 Å². The lowest BCUT2D eigenvalue weighted by molar-refractivity contribution is -0.135. The topological polar surface area (TPSA) is 314 Å². The summed E-state index contributed by atoms with van der Waals surface area (Å²) < 4.78 is 13.9. The number of aldehydes is 1. The SMILES string of the molecule is CC(C)C[C@@H]1NC(=O)[C@@H](Cc2ccccc2)NC(=O)[C@H](CCN)NC(=O)[C@@H](NCCc2cccc(F)c2)CCNC(=O)[C@H]([C@@H](C)O)NC(=O)[C@H](CCN)NC[C@@](C=O)(CCN)NC1=O. The number of aliphatic hydroxyl groups is 1. The maximum Gasteiger partial charge on any atom is 0.245 e. The summed E-state index contributed by atoms with van der Waals surface area (Å²) in [5.41, 5.74) is 17.3. The summed E-state index contributed by atoms with van der Waals surface area (Å²) in [6.45, 7) is 4.62. The average molecular weight is 898 g/mol. The van der Waals surface area contributed by atoms with E-state index in [9.17, 15) is 43.1 Å². The van der Waals surface area contributed by atoms with Crippen LogP contribution in [0, 0.1) is 11.7 Å². The molecule has 0 spiro atoms. The van der Waals surface area contributed by atoms with E-state index in [2.05, 4.69) is 42.5 Å². The number of nitrogens with one attached hydrogen (secondary N) is 8. The van der Waals surface area contributed by atoms with Crippen molar-refractivity contribution in [2.75, 3.05) is 39.3 Å². The summed E-state index contributed by atoms with van der Waals surface area (Å²) in [7, 11) is 0. The van der Waals surface area contributed by atoms with Crippen molar-refractivity contribution in [1.29, 1.82) is 0 Å². The second-order valence-electron chi connectivity index (χ2n) is 16.6. The zero-order valence-corrected chi connectivity index (χ0v) is 37.0. The summed E-state index contributed by atoms with van der Waals surface area (Å²) in [6, 6.07) is 7.47. The summed E-state index contributed by atoms with van der Waals surface area (Å²) >= 11 is 0. The van der Waals surface area contributed by atoms with Gasteiger partial charge in [0, 0.05) is 19.5 Å². The van der Waals surface area contributed by atoms with Gasteiger partial charge >= 0.3 is 0 Å². The van der Waals surface area contributed by atoms with Gasteiger partial charge in [0.2, 0.25) is 35.4 Å². The first-order valence-electron chi connectivity index (χ1n) is 21.9. The normalized spacial score (nSPS) is 25.5. The van der Waals surface area contributed by atoms with Crippen LogP contribution in [0.25, 0.3) is 0 Å². The number of hydrogen-bond acceptors (Lipinski definition) is 13. The molecule has 1 aliphatic heterocycles. The molecule has 1 fully saturated rings. The van der Waals surface area contributed by atoms with Crippen LogP contribution < -0.4 is 59.7 Å². The molecule has 0 aliphatic carbocycles. The van der Waals surface area contributed by atoms with Crippen molar-refractivity contribution >= 4 is 41.7 Å².